The SMILES string of the molecule is Cc1cc(C)n2nc(-c3ccc(CCCF)cc3)c(CC(=O)N3CCCC3)c2n1. The second-order valence-electron chi connectivity index (χ2n) is 7.86. The van der Waals surface area contributed by atoms with Crippen molar-refractivity contribution in [2.45, 2.75) is 46.0 Å². The smallest absolute Gasteiger partial charge is 0.227 e. The normalized spacial score (nSPS) is 14.1. The molecule has 0 radical (unpaired) electrons. The van der Waals surface area contributed by atoms with E-state index in [-0.39, 0.29) is 12.6 Å². The van der Waals surface area contributed by atoms with Gasteiger partial charge in [-0.15, -0.1) is 0 Å². The van der Waals surface area contributed by atoms with E-state index in [0.717, 1.165) is 71.8 Å². The highest BCUT2D eigenvalue weighted by atomic mass is 19.1. The molecule has 2 aromatic heterocycles. The first kappa shape index (κ1) is 19.6. The Morgan fingerprint density at radius 1 is 1.14 bits per heavy atom. The van der Waals surface area contributed by atoms with E-state index in [1.165, 1.54) is 0 Å². The van der Waals surface area contributed by atoms with Crippen LogP contribution in [0, 0.1) is 13.8 Å². The molecule has 1 fully saturated rings. The van der Waals surface area contributed by atoms with Crippen molar-refractivity contribution in [2.75, 3.05) is 19.8 Å². The van der Waals surface area contributed by atoms with E-state index < -0.39 is 0 Å². The summed E-state index contributed by atoms with van der Waals surface area (Å²) in [6, 6.07) is 10.1. The molecule has 1 aromatic carbocycles. The van der Waals surface area contributed by atoms with Crippen molar-refractivity contribution in [3.63, 3.8) is 0 Å². The van der Waals surface area contributed by atoms with Crippen LogP contribution >= 0.6 is 0 Å². The van der Waals surface area contributed by atoms with Gasteiger partial charge in [-0.05, 0) is 51.2 Å². The molecule has 0 saturated carbocycles. The molecule has 1 aliphatic heterocycles. The van der Waals surface area contributed by atoms with Crippen LogP contribution in [0.3, 0.4) is 0 Å². The van der Waals surface area contributed by atoms with E-state index in [1.54, 1.807) is 0 Å². The average Bonchev–Trinajstić information content (AvgIpc) is 3.36. The third-order valence-electron chi connectivity index (χ3n) is 5.60. The Hall–Kier alpha value is -2.76. The highest BCUT2D eigenvalue weighted by Crippen LogP contribution is 2.28. The number of carbonyl (C=O) groups is 1. The fraction of sp³-hybridized carbons (Fsp3) is 0.435. The summed E-state index contributed by atoms with van der Waals surface area (Å²) in [5.74, 6) is 0.138. The van der Waals surface area contributed by atoms with Gasteiger partial charge >= 0.3 is 0 Å². The van der Waals surface area contributed by atoms with Crippen LogP contribution in [0.25, 0.3) is 16.9 Å². The van der Waals surface area contributed by atoms with Crippen LogP contribution in [0.15, 0.2) is 30.3 Å². The molecule has 3 aromatic rings. The molecular weight excluding hydrogens is 367 g/mol. The Balaban J connectivity index is 1.75. The zero-order chi connectivity index (χ0) is 20.4. The summed E-state index contributed by atoms with van der Waals surface area (Å²) >= 11 is 0. The highest BCUT2D eigenvalue weighted by Gasteiger charge is 2.24. The number of aryl methyl sites for hydroxylation is 3. The van der Waals surface area contributed by atoms with Crippen LogP contribution in [0.4, 0.5) is 4.39 Å². The Labute approximate surface area is 170 Å². The molecule has 5 nitrogen and oxygen atoms in total. The standard InChI is InChI=1S/C23H27FN4O/c1-16-14-17(2)28-23(25-16)20(15-21(29)27-12-3-4-13-27)22(26-28)19-9-7-18(8-10-19)6-5-11-24/h7-10,14H,3-6,11-13,15H2,1-2H3. The van der Waals surface area contributed by atoms with Gasteiger partial charge in [0.1, 0.15) is 0 Å². The van der Waals surface area contributed by atoms with Crippen LogP contribution in [0.5, 0.6) is 0 Å². The maximum absolute atomic E-state index is 12.9. The number of carbonyl (C=O) groups excluding carboxylic acids is 1. The number of fused-ring (bicyclic) bond motifs is 1. The predicted molar refractivity (Wildman–Crippen MR) is 112 cm³/mol. The van der Waals surface area contributed by atoms with Gasteiger partial charge in [0.2, 0.25) is 5.91 Å². The van der Waals surface area contributed by atoms with Crippen LogP contribution in [-0.4, -0.2) is 45.2 Å². The third-order valence-corrected chi connectivity index (χ3v) is 5.60. The lowest BCUT2D eigenvalue weighted by molar-refractivity contribution is -0.129. The molecule has 0 bridgehead atoms. The molecule has 6 heteroatoms. The van der Waals surface area contributed by atoms with Gasteiger partial charge in [0, 0.05) is 35.6 Å². The number of benzene rings is 1. The van der Waals surface area contributed by atoms with Crippen LogP contribution in [0.2, 0.25) is 0 Å². The first-order chi connectivity index (χ1) is 14.1. The van der Waals surface area contributed by atoms with Crippen molar-refractivity contribution in [3.8, 4) is 11.3 Å². The number of rotatable bonds is 6. The van der Waals surface area contributed by atoms with Crippen molar-refractivity contribution < 1.29 is 9.18 Å². The van der Waals surface area contributed by atoms with Gasteiger partial charge < -0.3 is 4.90 Å². The number of likely N-dealkylation sites (tertiary alicyclic amines) is 1. The molecule has 0 spiro atoms. The molecule has 0 N–H and O–H groups in total. The largest absolute Gasteiger partial charge is 0.342 e. The summed E-state index contributed by atoms with van der Waals surface area (Å²) in [7, 11) is 0. The topological polar surface area (TPSA) is 50.5 Å². The van der Waals surface area contributed by atoms with Crippen molar-refractivity contribution in [1.29, 1.82) is 0 Å². The molecule has 152 valence electrons. The van der Waals surface area contributed by atoms with E-state index in [4.69, 9.17) is 10.1 Å². The monoisotopic (exact) mass is 394 g/mol. The Morgan fingerprint density at radius 2 is 1.86 bits per heavy atom. The van der Waals surface area contributed by atoms with Crippen LogP contribution < -0.4 is 0 Å². The molecule has 29 heavy (non-hydrogen) atoms. The lowest BCUT2D eigenvalue weighted by Crippen LogP contribution is -2.29. The molecule has 0 atom stereocenters. The van der Waals surface area contributed by atoms with Gasteiger partial charge in [-0.2, -0.15) is 5.10 Å². The zero-order valence-corrected chi connectivity index (χ0v) is 17.1. The van der Waals surface area contributed by atoms with E-state index >= 15 is 0 Å². The maximum atomic E-state index is 12.9. The number of amides is 1. The molecule has 3 heterocycles. The van der Waals surface area contributed by atoms with Crippen molar-refractivity contribution in [1.82, 2.24) is 19.5 Å². The molecule has 1 saturated heterocycles. The van der Waals surface area contributed by atoms with E-state index in [9.17, 15) is 9.18 Å². The van der Waals surface area contributed by atoms with Crippen LogP contribution in [0.1, 0.15) is 41.8 Å². The van der Waals surface area contributed by atoms with Gasteiger partial charge in [0.15, 0.2) is 5.65 Å². The average molecular weight is 394 g/mol. The first-order valence-corrected chi connectivity index (χ1v) is 10.4. The fourth-order valence-electron chi connectivity index (χ4n) is 4.09. The Bertz CT molecular complexity index is 1020. The second-order valence-corrected chi connectivity index (χ2v) is 7.86. The van der Waals surface area contributed by atoms with Crippen molar-refractivity contribution >= 4 is 11.6 Å². The summed E-state index contributed by atoms with van der Waals surface area (Å²) in [5.41, 5.74) is 6.41. The summed E-state index contributed by atoms with van der Waals surface area (Å²) in [6.45, 7) is 5.33. The van der Waals surface area contributed by atoms with Crippen LogP contribution in [-0.2, 0) is 17.6 Å². The third kappa shape index (κ3) is 4.02. The molecule has 0 unspecified atom stereocenters. The fourth-order valence-corrected chi connectivity index (χ4v) is 4.09. The first-order valence-electron chi connectivity index (χ1n) is 10.4. The maximum Gasteiger partial charge on any atom is 0.227 e. The van der Waals surface area contributed by atoms with Gasteiger partial charge in [-0.3, -0.25) is 9.18 Å². The summed E-state index contributed by atoms with van der Waals surface area (Å²) in [4.78, 5) is 19.6. The Kier molecular flexibility index (Phi) is 5.60. The van der Waals surface area contributed by atoms with Crippen molar-refractivity contribution in [3.05, 3.63) is 52.8 Å². The molecule has 1 aliphatic rings. The molecule has 0 aliphatic carbocycles. The molecule has 4 rings (SSSR count). The lowest BCUT2D eigenvalue weighted by Gasteiger charge is -2.15. The number of halogens is 1. The number of aromatic nitrogens is 3. The minimum absolute atomic E-state index is 0.138. The summed E-state index contributed by atoms with van der Waals surface area (Å²) < 4.78 is 14.3. The van der Waals surface area contributed by atoms with Gasteiger partial charge in [0.05, 0.1) is 18.8 Å². The quantitative estimate of drug-likeness (QED) is 0.633. The predicted octanol–water partition coefficient (Wildman–Crippen LogP) is 4.08. The van der Waals surface area contributed by atoms with E-state index in [2.05, 4.69) is 0 Å². The highest BCUT2D eigenvalue weighted by molar-refractivity contribution is 5.85. The lowest BCUT2D eigenvalue weighted by atomic mass is 10.0. The summed E-state index contributed by atoms with van der Waals surface area (Å²) in [5, 5.41) is 4.82. The van der Waals surface area contributed by atoms with Gasteiger partial charge in [-0.25, -0.2) is 9.50 Å². The number of nitrogens with zero attached hydrogens (tertiary/aromatic N) is 4. The van der Waals surface area contributed by atoms with Crippen molar-refractivity contribution in [2.24, 2.45) is 0 Å². The number of alkyl halides is 1. The van der Waals surface area contributed by atoms with Gasteiger partial charge in [0.25, 0.3) is 0 Å². The zero-order valence-electron chi connectivity index (χ0n) is 17.1. The summed E-state index contributed by atoms with van der Waals surface area (Å²) in [6.07, 6.45) is 3.71. The van der Waals surface area contributed by atoms with E-state index in [1.807, 2.05) is 53.6 Å². The number of hydrogen-bond donors (Lipinski definition) is 0. The minimum atomic E-state index is -0.304. The van der Waals surface area contributed by atoms with E-state index in [0.29, 0.717) is 12.8 Å². The Morgan fingerprint density at radius 3 is 2.55 bits per heavy atom. The van der Waals surface area contributed by atoms with Gasteiger partial charge in [-0.1, -0.05) is 24.3 Å². The molecule has 1 amide bonds. The molecular formula is C23H27FN4O. The number of hydrogen-bond acceptors (Lipinski definition) is 3. The second kappa shape index (κ2) is 8.31. The minimum Gasteiger partial charge on any atom is -0.342 e.